The number of likely N-dealkylation sites (N-methyl/N-ethyl adjacent to an activating group) is 1. The number of non-ortho nitro benzene ring substituents is 1. The van der Waals surface area contributed by atoms with E-state index in [0.717, 1.165) is 0 Å². The van der Waals surface area contributed by atoms with Gasteiger partial charge in [0, 0.05) is 17.8 Å². The maximum Gasteiger partial charge on any atom is 0.271 e. The van der Waals surface area contributed by atoms with Crippen molar-refractivity contribution in [2.45, 2.75) is 13.0 Å². The number of carbonyl (C=O) groups excluding carboxylic acids is 2. The van der Waals surface area contributed by atoms with Crippen LogP contribution in [0.5, 0.6) is 11.5 Å². The molecule has 2 aromatic carbocycles. The second-order valence-electron chi connectivity index (χ2n) is 6.50. The fourth-order valence-electron chi connectivity index (χ4n) is 2.58. The zero-order valence-corrected chi connectivity index (χ0v) is 17.2. The lowest BCUT2D eigenvalue weighted by molar-refractivity contribution is -0.384. The minimum atomic E-state index is -0.685. The number of benzene rings is 2. The molecule has 0 spiro atoms. The molecule has 0 aliphatic carbocycles. The van der Waals surface area contributed by atoms with Gasteiger partial charge in [-0.3, -0.25) is 24.6 Å². The average Bonchev–Trinajstić information content (AvgIpc) is 2.73. The molecular weight excluding hydrogens is 392 g/mol. The van der Waals surface area contributed by atoms with E-state index in [1.807, 2.05) is 0 Å². The molecule has 160 valence electrons. The second-order valence-corrected chi connectivity index (χ2v) is 6.50. The Balaban J connectivity index is 1.98. The van der Waals surface area contributed by atoms with Crippen LogP contribution in [0, 0.1) is 10.1 Å². The molecule has 0 fully saturated rings. The van der Waals surface area contributed by atoms with Gasteiger partial charge in [-0.2, -0.15) is 0 Å². The van der Waals surface area contributed by atoms with Crippen LogP contribution in [-0.2, 0) is 9.59 Å². The van der Waals surface area contributed by atoms with Gasteiger partial charge in [0.05, 0.1) is 37.4 Å². The summed E-state index contributed by atoms with van der Waals surface area (Å²) in [6.07, 6.45) is 0. The third-order valence-electron chi connectivity index (χ3n) is 4.46. The van der Waals surface area contributed by atoms with Crippen molar-refractivity contribution in [3.05, 3.63) is 52.6 Å². The number of hydrogen-bond acceptors (Lipinski definition) is 7. The molecule has 1 atom stereocenters. The van der Waals surface area contributed by atoms with E-state index in [-0.39, 0.29) is 23.8 Å². The van der Waals surface area contributed by atoms with Crippen LogP contribution < -0.4 is 20.1 Å². The first-order chi connectivity index (χ1) is 14.2. The van der Waals surface area contributed by atoms with Crippen molar-refractivity contribution in [3.63, 3.8) is 0 Å². The Morgan fingerprint density at radius 3 is 2.33 bits per heavy atom. The summed E-state index contributed by atoms with van der Waals surface area (Å²) in [5, 5.41) is 16.3. The minimum Gasteiger partial charge on any atom is -0.497 e. The lowest BCUT2D eigenvalue weighted by Gasteiger charge is -2.23. The van der Waals surface area contributed by atoms with Crippen LogP contribution in [0.2, 0.25) is 0 Å². The summed E-state index contributed by atoms with van der Waals surface area (Å²) in [5.74, 6) is 0.233. The van der Waals surface area contributed by atoms with Crippen LogP contribution in [-0.4, -0.2) is 55.5 Å². The van der Waals surface area contributed by atoms with Crippen molar-refractivity contribution < 1.29 is 24.0 Å². The van der Waals surface area contributed by atoms with Crippen LogP contribution in [0.15, 0.2) is 42.5 Å². The van der Waals surface area contributed by atoms with E-state index in [9.17, 15) is 19.7 Å². The molecule has 0 saturated carbocycles. The Morgan fingerprint density at radius 1 is 1.10 bits per heavy atom. The molecule has 0 unspecified atom stereocenters. The number of ether oxygens (including phenoxy) is 2. The van der Waals surface area contributed by atoms with Gasteiger partial charge in [0.15, 0.2) is 0 Å². The summed E-state index contributed by atoms with van der Waals surface area (Å²) >= 11 is 0. The van der Waals surface area contributed by atoms with Crippen molar-refractivity contribution in [2.75, 3.05) is 38.4 Å². The first-order valence-corrected chi connectivity index (χ1v) is 9.02. The van der Waals surface area contributed by atoms with Crippen LogP contribution in [0.25, 0.3) is 0 Å². The first-order valence-electron chi connectivity index (χ1n) is 9.02. The second kappa shape index (κ2) is 10.2. The lowest BCUT2D eigenvalue weighted by Crippen LogP contribution is -2.43. The molecule has 2 rings (SSSR count). The van der Waals surface area contributed by atoms with Gasteiger partial charge in [-0.15, -0.1) is 0 Å². The standard InChI is InChI=1S/C20H24N4O6/c1-13(20(26)22-17-11-15(24(27)28)7-10-18(17)30-4)23(2)12-19(25)21-14-5-8-16(29-3)9-6-14/h5-11,13H,12H2,1-4H3,(H,21,25)(H,22,26)/t13-/m1/s1. The highest BCUT2D eigenvalue weighted by Gasteiger charge is 2.22. The van der Waals surface area contributed by atoms with E-state index < -0.39 is 16.9 Å². The molecule has 2 amide bonds. The van der Waals surface area contributed by atoms with Gasteiger partial charge in [-0.1, -0.05) is 0 Å². The Morgan fingerprint density at radius 2 is 1.77 bits per heavy atom. The average molecular weight is 416 g/mol. The Labute approximate surface area is 173 Å². The molecule has 2 aromatic rings. The highest BCUT2D eigenvalue weighted by atomic mass is 16.6. The van der Waals surface area contributed by atoms with Crippen LogP contribution in [0.4, 0.5) is 17.1 Å². The van der Waals surface area contributed by atoms with E-state index in [2.05, 4.69) is 10.6 Å². The number of hydrogen-bond donors (Lipinski definition) is 2. The van der Waals surface area contributed by atoms with Gasteiger partial charge in [0.2, 0.25) is 11.8 Å². The smallest absolute Gasteiger partial charge is 0.271 e. The summed E-state index contributed by atoms with van der Waals surface area (Å²) in [6, 6.07) is 10.1. The monoisotopic (exact) mass is 416 g/mol. The summed E-state index contributed by atoms with van der Waals surface area (Å²) in [7, 11) is 4.58. The fraction of sp³-hybridized carbons (Fsp3) is 0.300. The summed E-state index contributed by atoms with van der Waals surface area (Å²) in [4.78, 5) is 36.8. The predicted molar refractivity (Wildman–Crippen MR) is 112 cm³/mol. The molecule has 0 heterocycles. The number of methoxy groups -OCH3 is 2. The highest BCUT2D eigenvalue weighted by molar-refractivity contribution is 5.97. The van der Waals surface area contributed by atoms with E-state index in [0.29, 0.717) is 17.2 Å². The molecule has 2 N–H and O–H groups in total. The largest absolute Gasteiger partial charge is 0.497 e. The molecule has 0 saturated heterocycles. The highest BCUT2D eigenvalue weighted by Crippen LogP contribution is 2.29. The molecule has 0 aromatic heterocycles. The van der Waals surface area contributed by atoms with Crippen molar-refractivity contribution >= 4 is 28.9 Å². The third-order valence-corrected chi connectivity index (χ3v) is 4.46. The molecule has 0 radical (unpaired) electrons. The number of nitro groups is 1. The van der Waals surface area contributed by atoms with Crippen LogP contribution in [0.1, 0.15) is 6.92 Å². The minimum absolute atomic E-state index is 0.0350. The van der Waals surface area contributed by atoms with Gasteiger partial charge < -0.3 is 20.1 Å². The number of nitrogens with one attached hydrogen (secondary N) is 2. The molecule has 0 aliphatic heterocycles. The Bertz CT molecular complexity index is 916. The van der Waals surface area contributed by atoms with Gasteiger partial charge in [-0.25, -0.2) is 0 Å². The third kappa shape index (κ3) is 5.92. The van der Waals surface area contributed by atoms with Gasteiger partial charge in [-0.05, 0) is 44.3 Å². The quantitative estimate of drug-likeness (QED) is 0.475. The number of rotatable bonds is 9. The Hall–Kier alpha value is -3.66. The SMILES string of the molecule is COc1ccc(NC(=O)CN(C)[C@H](C)C(=O)Nc2cc([N+](=O)[O-])ccc2OC)cc1. The molecule has 0 bridgehead atoms. The van der Waals surface area contributed by atoms with Crippen LogP contribution in [0.3, 0.4) is 0 Å². The lowest BCUT2D eigenvalue weighted by atomic mass is 10.2. The molecule has 0 aliphatic rings. The molecule has 10 heteroatoms. The van der Waals surface area contributed by atoms with Crippen LogP contribution >= 0.6 is 0 Å². The van der Waals surface area contributed by atoms with Gasteiger partial charge in [0.25, 0.3) is 5.69 Å². The fourth-order valence-corrected chi connectivity index (χ4v) is 2.58. The summed E-state index contributed by atoms with van der Waals surface area (Å²) < 4.78 is 10.2. The van der Waals surface area contributed by atoms with E-state index in [4.69, 9.17) is 9.47 Å². The summed E-state index contributed by atoms with van der Waals surface area (Å²) in [5.41, 5.74) is 0.609. The van der Waals surface area contributed by atoms with Crippen molar-refractivity contribution in [1.29, 1.82) is 0 Å². The van der Waals surface area contributed by atoms with E-state index >= 15 is 0 Å². The number of anilines is 2. The maximum absolute atomic E-state index is 12.6. The first kappa shape index (κ1) is 22.6. The van der Waals surface area contributed by atoms with E-state index in [1.54, 1.807) is 50.2 Å². The maximum atomic E-state index is 12.6. The molecule has 30 heavy (non-hydrogen) atoms. The predicted octanol–water partition coefficient (Wildman–Crippen LogP) is 2.51. The number of nitrogens with zero attached hydrogens (tertiary/aromatic N) is 2. The Kier molecular flexibility index (Phi) is 7.70. The molecular formula is C20H24N4O6. The van der Waals surface area contributed by atoms with Crippen molar-refractivity contribution in [3.8, 4) is 11.5 Å². The van der Waals surface area contributed by atoms with Crippen molar-refractivity contribution in [2.24, 2.45) is 0 Å². The number of nitro benzene ring substituents is 1. The zero-order chi connectivity index (χ0) is 22.3. The topological polar surface area (TPSA) is 123 Å². The van der Waals surface area contributed by atoms with Gasteiger partial charge in [0.1, 0.15) is 11.5 Å². The van der Waals surface area contributed by atoms with Gasteiger partial charge >= 0.3 is 0 Å². The van der Waals surface area contributed by atoms with E-state index in [1.165, 1.54) is 25.3 Å². The number of carbonyl (C=O) groups is 2. The summed E-state index contributed by atoms with van der Waals surface area (Å²) in [6.45, 7) is 1.59. The zero-order valence-electron chi connectivity index (χ0n) is 17.2. The molecule has 10 nitrogen and oxygen atoms in total. The van der Waals surface area contributed by atoms with Crippen molar-refractivity contribution in [1.82, 2.24) is 4.90 Å². The number of amides is 2. The normalized spacial score (nSPS) is 11.5.